The molecule has 0 N–H and O–H groups in total. The number of nitrogens with zero attached hydrogens (tertiary/aromatic N) is 3. The number of aromatic nitrogens is 2. The Labute approximate surface area is 86.1 Å². The zero-order valence-electron chi connectivity index (χ0n) is 7.55. The van der Waals surface area contributed by atoms with Gasteiger partial charge in [0, 0.05) is 0 Å². The Morgan fingerprint density at radius 1 is 1.43 bits per heavy atom. The molecule has 6 nitrogen and oxygen atoms in total. The first kappa shape index (κ1) is 9.36. The van der Waals surface area contributed by atoms with Gasteiger partial charge < -0.3 is 0 Å². The summed E-state index contributed by atoms with van der Waals surface area (Å²) in [6.45, 7) is 1.53. The van der Waals surface area contributed by atoms with Crippen LogP contribution in [-0.2, 0) is 9.53 Å². The summed E-state index contributed by atoms with van der Waals surface area (Å²) in [4.78, 5) is 24.3. The van der Waals surface area contributed by atoms with Crippen LogP contribution in [0.15, 0.2) is 0 Å². The number of carbonyl (C=O) groups is 2. The summed E-state index contributed by atoms with van der Waals surface area (Å²) in [5.74, 6) is -0.502. The zero-order chi connectivity index (χ0) is 10.3. The van der Waals surface area contributed by atoms with E-state index >= 15 is 0 Å². The fourth-order valence-electron chi connectivity index (χ4n) is 1.18. The van der Waals surface area contributed by atoms with Crippen molar-refractivity contribution in [3.8, 4) is 0 Å². The monoisotopic (exact) mass is 261 g/mol. The standard InChI is InChI=1S/C7H7N3O3Se/c1-3-6(11)10(2)5-4(7(12)13-3)8-14-9-5/h3H,1-2H3. The van der Waals surface area contributed by atoms with E-state index in [0.717, 1.165) is 0 Å². The van der Waals surface area contributed by atoms with Crippen LogP contribution in [-0.4, -0.2) is 47.9 Å². The van der Waals surface area contributed by atoms with E-state index in [-0.39, 0.29) is 26.6 Å². The van der Waals surface area contributed by atoms with Gasteiger partial charge in [-0.25, -0.2) is 0 Å². The predicted octanol–water partition coefficient (Wildman–Crippen LogP) is -0.945. The molecule has 1 aromatic rings. The summed E-state index contributed by atoms with van der Waals surface area (Å²) in [7, 11) is 1.57. The number of amides is 1. The van der Waals surface area contributed by atoms with Crippen molar-refractivity contribution < 1.29 is 14.3 Å². The van der Waals surface area contributed by atoms with Crippen LogP contribution in [0.5, 0.6) is 0 Å². The third-order valence-corrected chi connectivity index (χ3v) is 3.03. The molecular weight excluding hydrogens is 253 g/mol. The van der Waals surface area contributed by atoms with E-state index in [2.05, 4.69) is 7.96 Å². The number of ether oxygens (including phenoxy) is 1. The maximum atomic E-state index is 11.6. The summed E-state index contributed by atoms with van der Waals surface area (Å²) >= 11 is -0.335. The molecule has 1 amide bonds. The Kier molecular flexibility index (Phi) is 2.13. The first-order valence-corrected chi connectivity index (χ1v) is 5.45. The molecule has 1 aliphatic heterocycles. The summed E-state index contributed by atoms with van der Waals surface area (Å²) in [6.07, 6.45) is -0.768. The molecule has 74 valence electrons. The Bertz CT molecular complexity index is 403. The van der Waals surface area contributed by atoms with Gasteiger partial charge in [0.25, 0.3) is 0 Å². The third kappa shape index (κ3) is 1.25. The maximum absolute atomic E-state index is 11.6. The molecule has 0 saturated carbocycles. The zero-order valence-corrected chi connectivity index (χ0v) is 9.27. The summed E-state index contributed by atoms with van der Waals surface area (Å²) in [5, 5.41) is 0. The van der Waals surface area contributed by atoms with Crippen LogP contribution in [0.25, 0.3) is 0 Å². The SMILES string of the molecule is CC1OC(=O)c2n[se]nc2N(C)C1=O. The van der Waals surface area contributed by atoms with E-state index in [0.29, 0.717) is 5.82 Å². The van der Waals surface area contributed by atoms with Crippen LogP contribution in [0.2, 0.25) is 0 Å². The fourth-order valence-corrected chi connectivity index (χ4v) is 2.36. The van der Waals surface area contributed by atoms with Gasteiger partial charge in [-0.15, -0.1) is 0 Å². The molecule has 1 aromatic heterocycles. The van der Waals surface area contributed by atoms with E-state index in [4.69, 9.17) is 4.74 Å². The number of hydrogen-bond acceptors (Lipinski definition) is 5. The summed E-state index contributed by atoms with van der Waals surface area (Å²) < 4.78 is 12.8. The molecule has 1 unspecified atom stereocenters. The van der Waals surface area contributed by atoms with Crippen LogP contribution in [0.1, 0.15) is 17.4 Å². The minimum absolute atomic E-state index is 0.171. The van der Waals surface area contributed by atoms with Crippen LogP contribution in [0.4, 0.5) is 5.82 Å². The van der Waals surface area contributed by atoms with Gasteiger partial charge in [-0.2, -0.15) is 0 Å². The van der Waals surface area contributed by atoms with E-state index in [1.807, 2.05) is 0 Å². The molecule has 0 fully saturated rings. The number of anilines is 1. The molecule has 0 saturated heterocycles. The van der Waals surface area contributed by atoms with Crippen molar-refractivity contribution in [2.24, 2.45) is 0 Å². The number of hydrogen-bond donors (Lipinski definition) is 0. The van der Waals surface area contributed by atoms with Gasteiger partial charge in [-0.3, -0.25) is 0 Å². The predicted molar refractivity (Wildman–Crippen MR) is 47.3 cm³/mol. The van der Waals surface area contributed by atoms with E-state index in [1.165, 1.54) is 11.8 Å². The fraction of sp³-hybridized carbons (Fsp3) is 0.429. The number of carbonyl (C=O) groups excluding carboxylic acids is 2. The van der Waals surface area contributed by atoms with E-state index < -0.39 is 12.1 Å². The van der Waals surface area contributed by atoms with Crippen molar-refractivity contribution in [3.63, 3.8) is 0 Å². The second-order valence-electron chi connectivity index (χ2n) is 2.88. The molecule has 14 heavy (non-hydrogen) atoms. The number of esters is 1. The van der Waals surface area contributed by atoms with Gasteiger partial charge in [0.15, 0.2) is 0 Å². The van der Waals surface area contributed by atoms with Gasteiger partial charge in [0.2, 0.25) is 0 Å². The van der Waals surface area contributed by atoms with E-state index in [1.54, 1.807) is 7.05 Å². The van der Waals surface area contributed by atoms with Crippen LogP contribution < -0.4 is 4.90 Å². The number of cyclic esters (lactones) is 1. The van der Waals surface area contributed by atoms with E-state index in [9.17, 15) is 9.59 Å². The molecule has 0 bridgehead atoms. The normalized spacial score (nSPS) is 21.6. The Hall–Kier alpha value is -1.20. The average molecular weight is 260 g/mol. The van der Waals surface area contributed by atoms with Gasteiger partial charge >= 0.3 is 85.6 Å². The second kappa shape index (κ2) is 3.18. The molecule has 2 heterocycles. The minimum atomic E-state index is -0.768. The molecular formula is C7H7N3O3Se. The van der Waals surface area contributed by atoms with Gasteiger partial charge in [0.1, 0.15) is 0 Å². The topological polar surface area (TPSA) is 72.4 Å². The number of likely N-dealkylation sites (N-methyl/N-ethyl adjacent to an activating group) is 1. The van der Waals surface area contributed by atoms with Crippen LogP contribution in [0, 0.1) is 0 Å². The van der Waals surface area contributed by atoms with Crippen molar-refractivity contribution >= 4 is 32.7 Å². The average Bonchev–Trinajstić information content (AvgIpc) is 2.60. The molecule has 0 radical (unpaired) electrons. The van der Waals surface area contributed by atoms with Crippen molar-refractivity contribution in [2.45, 2.75) is 13.0 Å². The number of rotatable bonds is 0. The quantitative estimate of drug-likeness (QED) is 0.444. The van der Waals surface area contributed by atoms with Crippen LogP contribution >= 0.6 is 0 Å². The van der Waals surface area contributed by atoms with Crippen molar-refractivity contribution in [2.75, 3.05) is 11.9 Å². The van der Waals surface area contributed by atoms with Crippen LogP contribution in [0.3, 0.4) is 0 Å². The Morgan fingerprint density at radius 2 is 2.14 bits per heavy atom. The molecule has 1 atom stereocenters. The van der Waals surface area contributed by atoms with Crippen molar-refractivity contribution in [3.05, 3.63) is 5.69 Å². The molecule has 1 aliphatic rings. The van der Waals surface area contributed by atoms with Gasteiger partial charge in [0.05, 0.1) is 0 Å². The summed E-state index contributed by atoms with van der Waals surface area (Å²) in [5.41, 5.74) is 0.171. The molecule has 0 aliphatic carbocycles. The molecule has 0 aromatic carbocycles. The molecule has 7 heteroatoms. The first-order valence-electron chi connectivity index (χ1n) is 3.92. The third-order valence-electron chi connectivity index (χ3n) is 1.94. The Morgan fingerprint density at radius 3 is 2.86 bits per heavy atom. The first-order chi connectivity index (χ1) is 6.61. The molecule has 2 rings (SSSR count). The van der Waals surface area contributed by atoms with Gasteiger partial charge in [-0.1, -0.05) is 0 Å². The summed E-state index contributed by atoms with van der Waals surface area (Å²) in [6, 6.07) is 0. The van der Waals surface area contributed by atoms with Gasteiger partial charge in [-0.05, 0) is 0 Å². The molecule has 0 spiro atoms. The Balaban J connectivity index is 2.52. The number of fused-ring (bicyclic) bond motifs is 1. The van der Waals surface area contributed by atoms with Crippen molar-refractivity contribution in [1.82, 2.24) is 7.96 Å². The second-order valence-corrected chi connectivity index (χ2v) is 3.99. The van der Waals surface area contributed by atoms with Crippen molar-refractivity contribution in [1.29, 1.82) is 0 Å².